The molecule has 2 N–H and O–H groups in total. The van der Waals surface area contributed by atoms with Gasteiger partial charge in [0.05, 0.1) is 31.1 Å². The first-order valence-corrected chi connectivity index (χ1v) is 8.36. The van der Waals surface area contributed by atoms with Crippen LogP contribution in [0.1, 0.15) is 25.7 Å². The van der Waals surface area contributed by atoms with Crippen molar-refractivity contribution in [2.45, 2.75) is 25.7 Å². The van der Waals surface area contributed by atoms with Crippen LogP contribution in [0, 0.1) is 10.1 Å². The Morgan fingerprint density at radius 3 is 2.27 bits per heavy atom. The summed E-state index contributed by atoms with van der Waals surface area (Å²) in [5.41, 5.74) is 2.17. The molecule has 0 saturated carbocycles. The highest BCUT2D eigenvalue weighted by molar-refractivity contribution is 5.70. The number of nitro benzene ring substituents is 1. The van der Waals surface area contributed by atoms with E-state index in [4.69, 9.17) is 0 Å². The smallest absolute Gasteiger partial charge is 0.292 e. The van der Waals surface area contributed by atoms with Crippen LogP contribution in [0.2, 0.25) is 0 Å². The quantitative estimate of drug-likeness (QED) is 0.676. The number of nitrogens with zero attached hydrogens (tertiary/aromatic N) is 3. The molecular weight excluding hydrogens is 280 g/mol. The van der Waals surface area contributed by atoms with Gasteiger partial charge in [0, 0.05) is 24.8 Å². The fourth-order valence-electron chi connectivity index (χ4n) is 3.44. The lowest BCUT2D eigenvalue weighted by Crippen LogP contribution is -2.89. The van der Waals surface area contributed by atoms with Crippen LogP contribution < -0.4 is 15.1 Å². The maximum Gasteiger partial charge on any atom is 0.292 e. The molecule has 0 atom stereocenters. The van der Waals surface area contributed by atoms with Gasteiger partial charge in [0.15, 0.2) is 0 Å². The molecule has 2 fully saturated rings. The highest BCUT2D eigenvalue weighted by Gasteiger charge is 2.23. The molecular formula is C16H25N4O2+. The second kappa shape index (κ2) is 6.96. The first-order valence-electron chi connectivity index (χ1n) is 8.36. The molecule has 2 aliphatic heterocycles. The van der Waals surface area contributed by atoms with E-state index in [0.717, 1.165) is 63.5 Å². The third-order valence-corrected chi connectivity index (χ3v) is 4.67. The molecule has 0 aromatic heterocycles. The first-order chi connectivity index (χ1) is 10.8. The number of anilines is 2. The fourth-order valence-corrected chi connectivity index (χ4v) is 3.44. The lowest BCUT2D eigenvalue weighted by atomic mass is 10.2. The molecule has 0 bridgehead atoms. The van der Waals surface area contributed by atoms with Crippen LogP contribution in [0.3, 0.4) is 0 Å². The van der Waals surface area contributed by atoms with Crippen LogP contribution in [0.25, 0.3) is 0 Å². The van der Waals surface area contributed by atoms with Crippen molar-refractivity contribution in [2.24, 2.45) is 0 Å². The van der Waals surface area contributed by atoms with E-state index in [1.54, 1.807) is 6.07 Å². The van der Waals surface area contributed by atoms with E-state index in [1.165, 1.54) is 12.8 Å². The summed E-state index contributed by atoms with van der Waals surface area (Å²) in [4.78, 5) is 15.7. The minimum atomic E-state index is -0.242. The highest BCUT2D eigenvalue weighted by Crippen LogP contribution is 2.34. The molecule has 3 rings (SSSR count). The van der Waals surface area contributed by atoms with E-state index in [1.807, 2.05) is 12.1 Å². The number of rotatable bonds is 3. The van der Waals surface area contributed by atoms with Gasteiger partial charge in [0.25, 0.3) is 5.69 Å². The van der Waals surface area contributed by atoms with Gasteiger partial charge >= 0.3 is 0 Å². The SMILES string of the molecule is O=[N+]([O-])c1ccc(N2CC[NH2+]CC2)cc1N1CCCCCC1. The van der Waals surface area contributed by atoms with Crippen LogP contribution in [0.4, 0.5) is 17.1 Å². The lowest BCUT2D eigenvalue weighted by molar-refractivity contribution is -0.655. The van der Waals surface area contributed by atoms with E-state index in [-0.39, 0.29) is 10.6 Å². The van der Waals surface area contributed by atoms with Gasteiger partial charge in [0.1, 0.15) is 5.69 Å². The zero-order valence-electron chi connectivity index (χ0n) is 13.0. The molecule has 2 heterocycles. The van der Waals surface area contributed by atoms with Crippen molar-refractivity contribution in [3.05, 3.63) is 28.3 Å². The Morgan fingerprint density at radius 2 is 1.64 bits per heavy atom. The van der Waals surface area contributed by atoms with Crippen LogP contribution in [-0.2, 0) is 0 Å². The van der Waals surface area contributed by atoms with Gasteiger partial charge in [-0.05, 0) is 25.0 Å². The Labute approximate surface area is 131 Å². The molecule has 2 saturated heterocycles. The van der Waals surface area contributed by atoms with Gasteiger partial charge in [-0.1, -0.05) is 12.8 Å². The molecule has 0 radical (unpaired) electrons. The number of nitro groups is 1. The Hall–Kier alpha value is -1.82. The molecule has 1 aromatic carbocycles. The van der Waals surface area contributed by atoms with Crippen LogP contribution in [0.15, 0.2) is 18.2 Å². The van der Waals surface area contributed by atoms with Crippen molar-refractivity contribution in [3.63, 3.8) is 0 Å². The van der Waals surface area contributed by atoms with Crippen molar-refractivity contribution in [1.29, 1.82) is 0 Å². The second-order valence-electron chi connectivity index (χ2n) is 6.18. The number of quaternary nitrogens is 1. The number of hydrogen-bond acceptors (Lipinski definition) is 4. The highest BCUT2D eigenvalue weighted by atomic mass is 16.6. The molecule has 0 spiro atoms. The normalized spacial score (nSPS) is 19.8. The standard InChI is InChI=1S/C16H24N4O2/c21-20(22)15-6-5-14(18-11-7-17-8-12-18)13-16(15)19-9-3-1-2-4-10-19/h5-6,13,17H,1-4,7-12H2/p+1. The van der Waals surface area contributed by atoms with Crippen molar-refractivity contribution in [1.82, 2.24) is 0 Å². The summed E-state index contributed by atoms with van der Waals surface area (Å²) in [6.07, 6.45) is 4.71. The molecule has 2 aliphatic rings. The summed E-state index contributed by atoms with van der Waals surface area (Å²) in [6.45, 7) is 6.07. The van der Waals surface area contributed by atoms with Crippen LogP contribution in [0.5, 0.6) is 0 Å². The van der Waals surface area contributed by atoms with Gasteiger partial charge in [0.2, 0.25) is 0 Å². The summed E-state index contributed by atoms with van der Waals surface area (Å²) < 4.78 is 0. The van der Waals surface area contributed by atoms with Crippen molar-refractivity contribution < 1.29 is 10.2 Å². The van der Waals surface area contributed by atoms with Crippen LogP contribution in [-0.4, -0.2) is 44.2 Å². The topological polar surface area (TPSA) is 66.2 Å². The number of nitrogens with two attached hydrogens (primary N) is 1. The van der Waals surface area contributed by atoms with E-state index >= 15 is 0 Å². The largest absolute Gasteiger partial charge is 0.366 e. The summed E-state index contributed by atoms with van der Waals surface area (Å²) in [7, 11) is 0. The maximum atomic E-state index is 11.4. The Bertz CT molecular complexity index is 521. The molecule has 22 heavy (non-hydrogen) atoms. The summed E-state index contributed by atoms with van der Waals surface area (Å²) in [5, 5.41) is 13.7. The maximum absolute atomic E-state index is 11.4. The average molecular weight is 305 g/mol. The van der Waals surface area contributed by atoms with E-state index in [9.17, 15) is 10.1 Å². The Balaban J connectivity index is 1.91. The first kappa shape index (κ1) is 15.1. The van der Waals surface area contributed by atoms with Crippen LogP contribution >= 0.6 is 0 Å². The van der Waals surface area contributed by atoms with E-state index < -0.39 is 0 Å². The van der Waals surface area contributed by atoms with Gasteiger partial charge < -0.3 is 15.1 Å². The molecule has 6 heteroatoms. The van der Waals surface area contributed by atoms with Gasteiger partial charge in [-0.15, -0.1) is 0 Å². The monoisotopic (exact) mass is 305 g/mol. The fraction of sp³-hybridized carbons (Fsp3) is 0.625. The van der Waals surface area contributed by atoms with Crippen molar-refractivity contribution in [3.8, 4) is 0 Å². The predicted octanol–water partition coefficient (Wildman–Crippen LogP) is 1.36. The van der Waals surface area contributed by atoms with E-state index in [2.05, 4.69) is 15.1 Å². The average Bonchev–Trinajstić information content (AvgIpc) is 2.84. The molecule has 1 aromatic rings. The Kier molecular flexibility index (Phi) is 4.77. The molecule has 120 valence electrons. The molecule has 0 aliphatic carbocycles. The number of benzene rings is 1. The molecule has 0 unspecified atom stereocenters. The van der Waals surface area contributed by atoms with Crippen molar-refractivity contribution in [2.75, 3.05) is 49.1 Å². The van der Waals surface area contributed by atoms with Gasteiger partial charge in [-0.3, -0.25) is 10.1 Å². The number of piperazine rings is 1. The van der Waals surface area contributed by atoms with Gasteiger partial charge in [-0.2, -0.15) is 0 Å². The second-order valence-corrected chi connectivity index (χ2v) is 6.18. The molecule has 0 amide bonds. The lowest BCUT2D eigenvalue weighted by Gasteiger charge is -2.29. The van der Waals surface area contributed by atoms with E-state index in [0.29, 0.717) is 0 Å². The third kappa shape index (κ3) is 3.32. The summed E-state index contributed by atoms with van der Waals surface area (Å²) in [5.74, 6) is 0. The van der Waals surface area contributed by atoms with Gasteiger partial charge in [-0.25, -0.2) is 0 Å². The van der Waals surface area contributed by atoms with Crippen molar-refractivity contribution >= 4 is 17.1 Å². The summed E-state index contributed by atoms with van der Waals surface area (Å²) >= 11 is 0. The summed E-state index contributed by atoms with van der Waals surface area (Å²) in [6, 6.07) is 5.63. The zero-order chi connectivity index (χ0) is 15.4. The zero-order valence-corrected chi connectivity index (χ0v) is 13.0. The predicted molar refractivity (Wildman–Crippen MR) is 87.6 cm³/mol. The molecule has 6 nitrogen and oxygen atoms in total. The Morgan fingerprint density at radius 1 is 0.955 bits per heavy atom. The number of hydrogen-bond donors (Lipinski definition) is 1. The minimum Gasteiger partial charge on any atom is -0.366 e. The third-order valence-electron chi connectivity index (χ3n) is 4.67. The minimum absolute atomic E-state index is 0.242.